The number of benzene rings is 1. The van der Waals surface area contributed by atoms with Crippen molar-refractivity contribution in [2.24, 2.45) is 0 Å². The molecule has 1 aromatic rings. The Morgan fingerprint density at radius 1 is 1.26 bits per heavy atom. The number of hydrogen-bond acceptors (Lipinski definition) is 7. The molecule has 0 saturated carbocycles. The van der Waals surface area contributed by atoms with E-state index >= 15 is 0 Å². The first-order valence-corrected chi connectivity index (χ1v) is 9.94. The first kappa shape index (κ1) is 21.2. The van der Waals surface area contributed by atoms with Gasteiger partial charge in [-0.2, -0.15) is 0 Å². The van der Waals surface area contributed by atoms with E-state index in [4.69, 9.17) is 21.7 Å². The van der Waals surface area contributed by atoms with Crippen molar-refractivity contribution in [2.45, 2.75) is 26.7 Å². The number of carbonyl (C=O) groups excluding carboxylic acids is 2. The standard InChI is InChI=1S/C19H23NO5S2/c1-4-10-25-14-7-6-13(11-15(14)24-5-2)12-16-18(22)20(19(26)27-16)9-8-17(21)23-3/h6-7,11-12H,4-5,8-10H2,1-3H3/b16-12-. The lowest BCUT2D eigenvalue weighted by atomic mass is 10.2. The molecule has 1 aliphatic heterocycles. The lowest BCUT2D eigenvalue weighted by Gasteiger charge is -2.13. The number of thioether (sulfide) groups is 1. The first-order valence-electron chi connectivity index (χ1n) is 8.72. The molecule has 0 aliphatic carbocycles. The van der Waals surface area contributed by atoms with Crippen LogP contribution >= 0.6 is 24.0 Å². The highest BCUT2D eigenvalue weighted by molar-refractivity contribution is 8.26. The Bertz CT molecular complexity index is 748. The van der Waals surface area contributed by atoms with Gasteiger partial charge in [0.25, 0.3) is 5.91 Å². The number of methoxy groups -OCH3 is 1. The first-order chi connectivity index (χ1) is 13.0. The number of thiocarbonyl (C=S) groups is 1. The molecule has 0 aromatic heterocycles. The smallest absolute Gasteiger partial charge is 0.307 e. The molecular formula is C19H23NO5S2. The molecule has 0 bridgehead atoms. The van der Waals surface area contributed by atoms with Gasteiger partial charge in [0.2, 0.25) is 0 Å². The predicted molar refractivity (Wildman–Crippen MR) is 110 cm³/mol. The average Bonchev–Trinajstić information content (AvgIpc) is 2.92. The van der Waals surface area contributed by atoms with Crippen LogP contribution < -0.4 is 9.47 Å². The number of esters is 1. The Labute approximate surface area is 168 Å². The Morgan fingerprint density at radius 2 is 2.04 bits per heavy atom. The van der Waals surface area contributed by atoms with Gasteiger partial charge in [-0.25, -0.2) is 0 Å². The van der Waals surface area contributed by atoms with Crippen molar-refractivity contribution in [1.82, 2.24) is 4.90 Å². The van der Waals surface area contributed by atoms with Crippen LogP contribution in [-0.2, 0) is 14.3 Å². The molecule has 0 unspecified atom stereocenters. The van der Waals surface area contributed by atoms with Crippen LogP contribution in [0.15, 0.2) is 23.1 Å². The zero-order valence-corrected chi connectivity index (χ0v) is 17.3. The fourth-order valence-corrected chi connectivity index (χ4v) is 3.67. The Kier molecular flexibility index (Phi) is 8.12. The van der Waals surface area contributed by atoms with Crippen molar-refractivity contribution in [2.75, 3.05) is 26.9 Å². The van der Waals surface area contributed by atoms with E-state index in [9.17, 15) is 9.59 Å². The van der Waals surface area contributed by atoms with Crippen LogP contribution in [-0.4, -0.2) is 48.0 Å². The molecule has 1 aromatic carbocycles. The van der Waals surface area contributed by atoms with E-state index in [1.165, 1.54) is 23.8 Å². The van der Waals surface area contributed by atoms with Gasteiger partial charge in [-0.05, 0) is 37.1 Å². The van der Waals surface area contributed by atoms with Crippen LogP contribution in [0.1, 0.15) is 32.3 Å². The molecule has 0 spiro atoms. The number of ether oxygens (including phenoxy) is 3. The lowest BCUT2D eigenvalue weighted by Crippen LogP contribution is -2.30. The van der Waals surface area contributed by atoms with Crippen LogP contribution in [0, 0.1) is 0 Å². The molecule has 0 radical (unpaired) electrons. The van der Waals surface area contributed by atoms with Gasteiger partial charge in [0.15, 0.2) is 11.5 Å². The molecule has 1 fully saturated rings. The quantitative estimate of drug-likeness (QED) is 0.350. The van der Waals surface area contributed by atoms with Crippen molar-refractivity contribution < 1.29 is 23.8 Å². The molecule has 1 aliphatic rings. The summed E-state index contributed by atoms with van der Waals surface area (Å²) >= 11 is 6.48. The van der Waals surface area contributed by atoms with Gasteiger partial charge in [-0.15, -0.1) is 0 Å². The van der Waals surface area contributed by atoms with E-state index in [1.807, 2.05) is 32.0 Å². The lowest BCUT2D eigenvalue weighted by molar-refractivity contribution is -0.140. The summed E-state index contributed by atoms with van der Waals surface area (Å²) in [6.45, 7) is 5.28. The summed E-state index contributed by atoms with van der Waals surface area (Å²) in [4.78, 5) is 25.8. The van der Waals surface area contributed by atoms with Crippen LogP contribution in [0.5, 0.6) is 11.5 Å². The van der Waals surface area contributed by atoms with Crippen molar-refractivity contribution >= 4 is 46.3 Å². The molecule has 1 amide bonds. The summed E-state index contributed by atoms with van der Waals surface area (Å²) < 4.78 is 16.4. The highest BCUT2D eigenvalue weighted by Crippen LogP contribution is 2.35. The maximum Gasteiger partial charge on any atom is 0.307 e. The average molecular weight is 410 g/mol. The fourth-order valence-electron chi connectivity index (χ4n) is 2.36. The number of amides is 1. The summed E-state index contributed by atoms with van der Waals surface area (Å²) in [6, 6.07) is 5.55. The fraction of sp³-hybridized carbons (Fsp3) is 0.421. The van der Waals surface area contributed by atoms with Gasteiger partial charge in [-0.3, -0.25) is 14.5 Å². The molecule has 27 heavy (non-hydrogen) atoms. The molecule has 6 nitrogen and oxygen atoms in total. The number of carbonyl (C=O) groups is 2. The van der Waals surface area contributed by atoms with Crippen LogP contribution in [0.25, 0.3) is 6.08 Å². The summed E-state index contributed by atoms with van der Waals surface area (Å²) in [5.74, 6) is 0.734. The van der Waals surface area contributed by atoms with Gasteiger partial charge in [0.1, 0.15) is 4.32 Å². The largest absolute Gasteiger partial charge is 0.490 e. The molecule has 146 valence electrons. The number of nitrogens with zero attached hydrogens (tertiary/aromatic N) is 1. The summed E-state index contributed by atoms with van der Waals surface area (Å²) in [6.07, 6.45) is 2.78. The summed E-state index contributed by atoms with van der Waals surface area (Å²) in [5, 5.41) is 0. The zero-order valence-electron chi connectivity index (χ0n) is 15.6. The maximum absolute atomic E-state index is 12.6. The van der Waals surface area contributed by atoms with Gasteiger partial charge in [-0.1, -0.05) is 37.0 Å². The molecule has 1 heterocycles. The number of hydrogen-bond donors (Lipinski definition) is 0. The second-order valence-electron chi connectivity index (χ2n) is 5.65. The van der Waals surface area contributed by atoms with Gasteiger partial charge < -0.3 is 14.2 Å². The zero-order chi connectivity index (χ0) is 19.8. The van der Waals surface area contributed by atoms with Crippen molar-refractivity contribution in [3.8, 4) is 11.5 Å². The SMILES string of the molecule is CCCOc1ccc(/C=C2\SC(=S)N(CCC(=O)OC)C2=O)cc1OCC. The second kappa shape index (κ2) is 10.3. The summed E-state index contributed by atoms with van der Waals surface area (Å²) in [7, 11) is 1.32. The van der Waals surface area contributed by atoms with Gasteiger partial charge in [0, 0.05) is 6.54 Å². The van der Waals surface area contributed by atoms with Crippen molar-refractivity contribution in [1.29, 1.82) is 0 Å². The Balaban J connectivity index is 2.17. The summed E-state index contributed by atoms with van der Waals surface area (Å²) in [5.41, 5.74) is 0.816. The van der Waals surface area contributed by atoms with E-state index in [2.05, 4.69) is 4.74 Å². The third-order valence-electron chi connectivity index (χ3n) is 3.67. The van der Waals surface area contributed by atoms with Gasteiger partial charge >= 0.3 is 5.97 Å². The van der Waals surface area contributed by atoms with Crippen LogP contribution in [0.2, 0.25) is 0 Å². The molecule has 2 rings (SSSR count). The Hall–Kier alpha value is -2.06. The molecule has 0 N–H and O–H groups in total. The van der Waals surface area contributed by atoms with Crippen molar-refractivity contribution in [3.63, 3.8) is 0 Å². The van der Waals surface area contributed by atoms with E-state index in [1.54, 1.807) is 6.08 Å². The second-order valence-corrected chi connectivity index (χ2v) is 7.32. The molecule has 0 atom stereocenters. The minimum atomic E-state index is -0.378. The minimum Gasteiger partial charge on any atom is -0.490 e. The predicted octanol–water partition coefficient (Wildman–Crippen LogP) is 3.64. The van der Waals surface area contributed by atoms with E-state index in [0.29, 0.717) is 33.9 Å². The van der Waals surface area contributed by atoms with Crippen LogP contribution in [0.3, 0.4) is 0 Å². The Morgan fingerprint density at radius 3 is 2.70 bits per heavy atom. The van der Waals surface area contributed by atoms with Crippen molar-refractivity contribution in [3.05, 3.63) is 28.7 Å². The molecule has 8 heteroatoms. The van der Waals surface area contributed by atoms with Gasteiger partial charge in [0.05, 0.1) is 31.6 Å². The number of rotatable bonds is 9. The third-order valence-corrected chi connectivity index (χ3v) is 5.05. The minimum absolute atomic E-state index is 0.105. The third kappa shape index (κ3) is 5.71. The molecular weight excluding hydrogens is 386 g/mol. The van der Waals surface area contributed by atoms with E-state index < -0.39 is 0 Å². The maximum atomic E-state index is 12.6. The van der Waals surface area contributed by atoms with Crippen LogP contribution in [0.4, 0.5) is 0 Å². The topological polar surface area (TPSA) is 65.1 Å². The molecule has 1 saturated heterocycles. The normalized spacial score (nSPS) is 15.4. The monoisotopic (exact) mass is 409 g/mol. The highest BCUT2D eigenvalue weighted by Gasteiger charge is 2.32. The van der Waals surface area contributed by atoms with E-state index in [-0.39, 0.29) is 24.8 Å². The van der Waals surface area contributed by atoms with E-state index in [0.717, 1.165) is 12.0 Å². The highest BCUT2D eigenvalue weighted by atomic mass is 32.2.